The topological polar surface area (TPSA) is 82.9 Å². The minimum Gasteiger partial charge on any atom is -0.468 e. The Morgan fingerprint density at radius 2 is 1.62 bits per heavy atom. The van der Waals surface area contributed by atoms with Crippen LogP contribution in [0.1, 0.15) is 43.6 Å². The molecule has 7 heteroatoms. The minimum atomic E-state index is -0.434. The largest absolute Gasteiger partial charge is 0.468 e. The second-order valence-electron chi connectivity index (χ2n) is 8.07. The van der Waals surface area contributed by atoms with Gasteiger partial charge in [0.1, 0.15) is 12.3 Å². The summed E-state index contributed by atoms with van der Waals surface area (Å²) in [5, 5.41) is 2.90. The quantitative estimate of drug-likeness (QED) is 0.610. The Balaban J connectivity index is 1.26. The van der Waals surface area contributed by atoms with Crippen LogP contribution in [0.25, 0.3) is 0 Å². The molecule has 0 spiro atoms. The first kappa shape index (κ1) is 20.2. The van der Waals surface area contributed by atoms with E-state index in [0.29, 0.717) is 17.7 Å². The molecule has 2 aromatic carbocycles. The average Bonchev–Trinajstić information content (AvgIpc) is 3.43. The van der Waals surface area contributed by atoms with Crippen LogP contribution in [-0.4, -0.2) is 47.2 Å². The Hall–Kier alpha value is -3.71. The third-order valence-corrected chi connectivity index (χ3v) is 6.15. The molecule has 0 saturated heterocycles. The van der Waals surface area contributed by atoms with Gasteiger partial charge < -0.3 is 9.73 Å². The molecule has 0 bridgehead atoms. The Kier molecular flexibility index (Phi) is 5.33. The number of imide groups is 1. The first-order chi connectivity index (χ1) is 15.6. The fourth-order valence-corrected chi connectivity index (χ4v) is 4.47. The van der Waals surface area contributed by atoms with E-state index in [1.807, 2.05) is 18.2 Å². The zero-order chi connectivity index (χ0) is 22.1. The maximum Gasteiger partial charge on any atom is 0.262 e. The van der Waals surface area contributed by atoms with Gasteiger partial charge in [0.2, 0.25) is 5.91 Å². The Bertz CT molecular complexity index is 1140. The highest BCUT2D eigenvalue weighted by Crippen LogP contribution is 2.28. The summed E-state index contributed by atoms with van der Waals surface area (Å²) in [6.45, 7) is 1.62. The molecular formula is C25H23N3O4. The van der Waals surface area contributed by atoms with E-state index in [0.717, 1.165) is 30.2 Å². The predicted molar refractivity (Wildman–Crippen MR) is 117 cm³/mol. The summed E-state index contributed by atoms with van der Waals surface area (Å²) >= 11 is 0. The van der Waals surface area contributed by atoms with Gasteiger partial charge in [0.25, 0.3) is 11.8 Å². The molecule has 0 aliphatic carbocycles. The molecule has 2 aliphatic rings. The van der Waals surface area contributed by atoms with Crippen LogP contribution >= 0.6 is 0 Å². The number of carbonyl (C=O) groups is 3. The van der Waals surface area contributed by atoms with Crippen LogP contribution in [0.5, 0.6) is 0 Å². The molecule has 1 N–H and O–H groups in total. The first-order valence-corrected chi connectivity index (χ1v) is 10.7. The fourth-order valence-electron chi connectivity index (χ4n) is 4.47. The van der Waals surface area contributed by atoms with E-state index in [-0.39, 0.29) is 18.5 Å². The van der Waals surface area contributed by atoms with Gasteiger partial charge >= 0.3 is 0 Å². The Morgan fingerprint density at radius 3 is 2.31 bits per heavy atom. The van der Waals surface area contributed by atoms with Crippen LogP contribution in [0, 0.1) is 0 Å². The van der Waals surface area contributed by atoms with Crippen molar-refractivity contribution >= 4 is 17.7 Å². The van der Waals surface area contributed by atoms with Gasteiger partial charge in [-0.25, -0.2) is 0 Å². The number of hydrogen-bond acceptors (Lipinski definition) is 5. The van der Waals surface area contributed by atoms with E-state index in [4.69, 9.17) is 4.42 Å². The van der Waals surface area contributed by atoms with Crippen molar-refractivity contribution in [3.63, 3.8) is 0 Å². The lowest BCUT2D eigenvalue weighted by Gasteiger charge is -2.34. The maximum atomic E-state index is 12.7. The summed E-state index contributed by atoms with van der Waals surface area (Å²) in [5.74, 6) is -0.481. The normalized spacial score (nSPS) is 16.6. The zero-order valence-corrected chi connectivity index (χ0v) is 17.5. The second-order valence-corrected chi connectivity index (χ2v) is 8.07. The van der Waals surface area contributed by atoms with Crippen molar-refractivity contribution in [3.05, 3.63) is 94.9 Å². The van der Waals surface area contributed by atoms with Crippen molar-refractivity contribution in [3.8, 4) is 0 Å². The van der Waals surface area contributed by atoms with Gasteiger partial charge in [-0.05, 0) is 41.8 Å². The van der Waals surface area contributed by atoms with Gasteiger partial charge in [-0.15, -0.1) is 0 Å². The van der Waals surface area contributed by atoms with Crippen LogP contribution in [0.4, 0.5) is 0 Å². The summed E-state index contributed by atoms with van der Waals surface area (Å²) < 4.78 is 5.67. The lowest BCUT2D eigenvalue weighted by Crippen LogP contribution is -2.44. The molecule has 3 heterocycles. The highest BCUT2D eigenvalue weighted by Gasteiger charge is 2.36. The standard InChI is InChI=1S/C25H23N3O4/c29-23(16-28-24(30)19-8-3-4-9-20(19)25(28)31)26-14-21(22-10-5-13-32-22)27-12-11-17-6-1-2-7-18(17)15-27/h1-10,13,21H,11-12,14-16H2,(H,26,29)/t21-/m0/s1. The van der Waals surface area contributed by atoms with Crippen molar-refractivity contribution in [2.45, 2.75) is 19.0 Å². The summed E-state index contributed by atoms with van der Waals surface area (Å²) in [5.41, 5.74) is 3.29. The number of furan rings is 1. The third-order valence-electron chi connectivity index (χ3n) is 6.15. The molecule has 3 amide bonds. The maximum absolute atomic E-state index is 12.7. The lowest BCUT2D eigenvalue weighted by atomic mass is 9.98. The smallest absolute Gasteiger partial charge is 0.262 e. The van der Waals surface area contributed by atoms with Gasteiger partial charge in [-0.1, -0.05) is 36.4 Å². The van der Waals surface area contributed by atoms with Crippen LogP contribution in [0.3, 0.4) is 0 Å². The number of benzene rings is 2. The van der Waals surface area contributed by atoms with Crippen LogP contribution < -0.4 is 5.32 Å². The lowest BCUT2D eigenvalue weighted by molar-refractivity contribution is -0.121. The number of nitrogens with zero attached hydrogens (tertiary/aromatic N) is 2. The number of fused-ring (bicyclic) bond motifs is 2. The number of hydrogen-bond donors (Lipinski definition) is 1. The van der Waals surface area contributed by atoms with Gasteiger partial charge in [-0.2, -0.15) is 0 Å². The first-order valence-electron chi connectivity index (χ1n) is 10.7. The monoisotopic (exact) mass is 429 g/mol. The molecule has 5 rings (SSSR count). The van der Waals surface area contributed by atoms with E-state index < -0.39 is 11.8 Å². The predicted octanol–water partition coefficient (Wildman–Crippen LogP) is 2.79. The number of rotatable bonds is 6. The van der Waals surface area contributed by atoms with Gasteiger partial charge in [0.15, 0.2) is 0 Å². The summed E-state index contributed by atoms with van der Waals surface area (Å²) in [6, 6.07) is 18.6. The van der Waals surface area contributed by atoms with E-state index >= 15 is 0 Å². The third kappa shape index (κ3) is 3.71. The molecule has 1 atom stereocenters. The number of nitrogens with one attached hydrogen (secondary N) is 1. The van der Waals surface area contributed by atoms with E-state index in [1.54, 1.807) is 30.5 Å². The molecule has 2 aliphatic heterocycles. The summed E-state index contributed by atoms with van der Waals surface area (Å²) in [4.78, 5) is 41.0. The average molecular weight is 429 g/mol. The zero-order valence-electron chi connectivity index (χ0n) is 17.5. The molecule has 162 valence electrons. The molecule has 1 aromatic heterocycles. The molecule has 3 aromatic rings. The second kappa shape index (κ2) is 8.43. The van der Waals surface area contributed by atoms with E-state index in [9.17, 15) is 14.4 Å². The highest BCUT2D eigenvalue weighted by atomic mass is 16.3. The molecule has 0 saturated carbocycles. The SMILES string of the molecule is O=C(CN1C(=O)c2ccccc2C1=O)NC[C@@H](c1ccco1)N1CCc2ccccc2C1. The van der Waals surface area contributed by atoms with Gasteiger partial charge in [-0.3, -0.25) is 24.2 Å². The van der Waals surface area contributed by atoms with Crippen LogP contribution in [0.2, 0.25) is 0 Å². The Morgan fingerprint density at radius 1 is 0.938 bits per heavy atom. The highest BCUT2D eigenvalue weighted by molar-refractivity contribution is 6.22. The van der Waals surface area contributed by atoms with Gasteiger partial charge in [0.05, 0.1) is 23.4 Å². The molecular weight excluding hydrogens is 406 g/mol. The summed E-state index contributed by atoms with van der Waals surface area (Å²) in [6.07, 6.45) is 2.55. The molecule has 32 heavy (non-hydrogen) atoms. The van der Waals surface area contributed by atoms with Crippen molar-refractivity contribution < 1.29 is 18.8 Å². The Labute approximate surface area is 185 Å². The van der Waals surface area contributed by atoms with Crippen LogP contribution in [0.15, 0.2) is 71.3 Å². The van der Waals surface area contributed by atoms with Crippen molar-refractivity contribution in [1.29, 1.82) is 0 Å². The molecule has 0 fully saturated rings. The van der Waals surface area contributed by atoms with Crippen molar-refractivity contribution in [2.75, 3.05) is 19.6 Å². The van der Waals surface area contributed by atoms with Crippen molar-refractivity contribution in [1.82, 2.24) is 15.1 Å². The minimum absolute atomic E-state index is 0.149. The van der Waals surface area contributed by atoms with E-state index in [1.165, 1.54) is 11.1 Å². The van der Waals surface area contributed by atoms with Crippen molar-refractivity contribution in [2.24, 2.45) is 0 Å². The van der Waals surface area contributed by atoms with E-state index in [2.05, 4.69) is 28.4 Å². The molecule has 0 unspecified atom stereocenters. The van der Waals surface area contributed by atoms with Gasteiger partial charge in [0, 0.05) is 19.6 Å². The molecule has 0 radical (unpaired) electrons. The summed E-state index contributed by atoms with van der Waals surface area (Å²) in [7, 11) is 0. The fraction of sp³-hybridized carbons (Fsp3) is 0.240. The number of carbonyl (C=O) groups excluding carboxylic acids is 3. The van der Waals surface area contributed by atoms with Crippen LogP contribution in [-0.2, 0) is 17.8 Å². The number of amides is 3. The molecule has 7 nitrogen and oxygen atoms in total.